The van der Waals surface area contributed by atoms with Crippen LogP contribution in [0, 0.1) is 0 Å². The second-order valence-corrected chi connectivity index (χ2v) is 9.46. The lowest BCUT2D eigenvalue weighted by atomic mass is 9.84. The second-order valence-electron chi connectivity index (χ2n) is 7.74. The first-order chi connectivity index (χ1) is 16.0. The van der Waals surface area contributed by atoms with Gasteiger partial charge in [-0.25, -0.2) is 4.68 Å². The third-order valence-electron chi connectivity index (χ3n) is 5.81. The molecule has 9 heteroatoms. The number of hydrogen-bond acceptors (Lipinski definition) is 4. The molecule has 2 aliphatic rings. The normalized spacial score (nSPS) is 18.7. The molecule has 0 spiro atoms. The van der Waals surface area contributed by atoms with Crippen molar-refractivity contribution in [3.63, 3.8) is 0 Å². The van der Waals surface area contributed by atoms with E-state index in [1.807, 2.05) is 54.6 Å². The summed E-state index contributed by atoms with van der Waals surface area (Å²) >= 11 is 25.4. The van der Waals surface area contributed by atoms with Gasteiger partial charge in [0.1, 0.15) is 24.2 Å². The van der Waals surface area contributed by atoms with Crippen molar-refractivity contribution in [3.05, 3.63) is 109 Å². The van der Waals surface area contributed by atoms with E-state index in [1.165, 1.54) is 6.33 Å². The van der Waals surface area contributed by atoms with Crippen LogP contribution in [0.1, 0.15) is 28.8 Å². The lowest BCUT2D eigenvalue weighted by Crippen LogP contribution is -2.32. The minimum atomic E-state index is -0.437. The smallest absolute Gasteiger partial charge is 0.226 e. The maximum atomic E-state index is 6.70. The molecule has 33 heavy (non-hydrogen) atoms. The zero-order valence-corrected chi connectivity index (χ0v) is 19.8. The number of benzene rings is 3. The van der Waals surface area contributed by atoms with E-state index in [2.05, 4.69) is 15.4 Å². The monoisotopic (exact) mass is 514 g/mol. The molecule has 4 aromatic rings. The van der Waals surface area contributed by atoms with Crippen molar-refractivity contribution in [1.82, 2.24) is 14.8 Å². The topological polar surface area (TPSA) is 52.0 Å². The number of ether oxygens (including phenoxy) is 1. The van der Waals surface area contributed by atoms with Crippen LogP contribution in [-0.4, -0.2) is 14.8 Å². The van der Waals surface area contributed by atoms with Crippen molar-refractivity contribution in [1.29, 1.82) is 0 Å². The van der Waals surface area contributed by atoms with E-state index in [4.69, 9.17) is 51.1 Å². The van der Waals surface area contributed by atoms with E-state index in [0.717, 1.165) is 28.0 Å². The molecule has 3 aromatic carbocycles. The van der Waals surface area contributed by atoms with Crippen LogP contribution < -0.4 is 10.1 Å². The van der Waals surface area contributed by atoms with Gasteiger partial charge in [0.2, 0.25) is 5.95 Å². The summed E-state index contributed by atoms with van der Waals surface area (Å²) in [6, 6.07) is 18.2. The van der Waals surface area contributed by atoms with Crippen molar-refractivity contribution >= 4 is 58.0 Å². The maximum absolute atomic E-state index is 6.70. The summed E-state index contributed by atoms with van der Waals surface area (Å²) in [6.45, 7) is 0. The van der Waals surface area contributed by atoms with Crippen LogP contribution in [-0.2, 0) is 0 Å². The summed E-state index contributed by atoms with van der Waals surface area (Å²) in [5.41, 5.74) is 4.39. The van der Waals surface area contributed by atoms with Crippen molar-refractivity contribution in [3.8, 4) is 5.75 Å². The fourth-order valence-corrected chi connectivity index (χ4v) is 5.19. The van der Waals surface area contributed by atoms with Crippen LogP contribution in [0.25, 0.3) is 5.70 Å². The zero-order chi connectivity index (χ0) is 22.7. The fourth-order valence-electron chi connectivity index (χ4n) is 4.38. The summed E-state index contributed by atoms with van der Waals surface area (Å²) < 4.78 is 8.36. The molecule has 0 saturated heterocycles. The van der Waals surface area contributed by atoms with Crippen molar-refractivity contribution in [2.45, 2.75) is 12.1 Å². The molecule has 1 aromatic heterocycles. The van der Waals surface area contributed by atoms with Crippen LogP contribution in [0.15, 0.2) is 72.6 Å². The van der Waals surface area contributed by atoms with Crippen LogP contribution in [0.4, 0.5) is 5.95 Å². The maximum Gasteiger partial charge on any atom is 0.226 e. The van der Waals surface area contributed by atoms with Gasteiger partial charge in [0.05, 0.1) is 5.70 Å². The quantitative estimate of drug-likeness (QED) is 0.301. The minimum Gasteiger partial charge on any atom is -0.480 e. The Bertz CT molecular complexity index is 1430. The Labute approximate surface area is 209 Å². The molecule has 1 N–H and O–H groups in total. The summed E-state index contributed by atoms with van der Waals surface area (Å²) in [5.74, 6) is 1.30. The van der Waals surface area contributed by atoms with Gasteiger partial charge in [0.25, 0.3) is 0 Å². The highest BCUT2D eigenvalue weighted by molar-refractivity contribution is 6.35. The van der Waals surface area contributed by atoms with Crippen LogP contribution >= 0.6 is 46.4 Å². The number of fused-ring (bicyclic) bond motifs is 3. The average molecular weight is 516 g/mol. The van der Waals surface area contributed by atoms with Gasteiger partial charge in [-0.15, -0.1) is 0 Å². The number of nitrogens with one attached hydrogen (secondary N) is 1. The predicted octanol–water partition coefficient (Wildman–Crippen LogP) is 7.45. The van der Waals surface area contributed by atoms with Gasteiger partial charge >= 0.3 is 0 Å². The lowest BCUT2D eigenvalue weighted by Gasteiger charge is -2.39. The van der Waals surface area contributed by atoms with Crippen molar-refractivity contribution < 1.29 is 4.74 Å². The van der Waals surface area contributed by atoms with Gasteiger partial charge in [-0.3, -0.25) is 0 Å². The van der Waals surface area contributed by atoms with Crippen LogP contribution in [0.5, 0.6) is 5.75 Å². The molecule has 0 aliphatic carbocycles. The van der Waals surface area contributed by atoms with Gasteiger partial charge < -0.3 is 10.1 Å². The Morgan fingerprint density at radius 1 is 0.848 bits per heavy atom. The molecular formula is C24H14Cl4N4O. The molecule has 0 radical (unpaired) electrons. The Hall–Kier alpha value is -2.70. The SMILES string of the molecule is Clc1ccc(C2Oc3ccc(Cl)cc3C3=C2C(c2ccc(Cl)cc2Cl)n2ncnc2N3)cc1. The van der Waals surface area contributed by atoms with Gasteiger partial charge in [0.15, 0.2) is 0 Å². The Morgan fingerprint density at radius 2 is 1.58 bits per heavy atom. The van der Waals surface area contributed by atoms with Crippen LogP contribution in [0.3, 0.4) is 0 Å². The fraction of sp³-hybridized carbons (Fsp3) is 0.0833. The summed E-state index contributed by atoms with van der Waals surface area (Å²) in [6.07, 6.45) is 1.07. The molecule has 2 aliphatic heterocycles. The zero-order valence-electron chi connectivity index (χ0n) is 16.8. The highest BCUT2D eigenvalue weighted by atomic mass is 35.5. The number of hydrogen-bond donors (Lipinski definition) is 1. The first-order valence-electron chi connectivity index (χ1n) is 10.1. The summed E-state index contributed by atoms with van der Waals surface area (Å²) in [5, 5.41) is 10.3. The number of aromatic nitrogens is 3. The highest BCUT2D eigenvalue weighted by Gasteiger charge is 2.41. The molecule has 2 unspecified atom stereocenters. The van der Waals surface area contributed by atoms with E-state index in [0.29, 0.717) is 31.8 Å². The molecule has 3 heterocycles. The molecule has 6 rings (SSSR count). The van der Waals surface area contributed by atoms with E-state index < -0.39 is 12.1 Å². The van der Waals surface area contributed by atoms with Gasteiger partial charge in [-0.1, -0.05) is 64.6 Å². The highest BCUT2D eigenvalue weighted by Crippen LogP contribution is 2.52. The predicted molar refractivity (Wildman–Crippen MR) is 131 cm³/mol. The molecule has 0 saturated carbocycles. The van der Waals surface area contributed by atoms with Crippen molar-refractivity contribution in [2.24, 2.45) is 0 Å². The lowest BCUT2D eigenvalue weighted by molar-refractivity contribution is 0.223. The van der Waals surface area contributed by atoms with Gasteiger partial charge in [-0.05, 0) is 53.6 Å². The Balaban J connectivity index is 1.65. The molecule has 0 amide bonds. The van der Waals surface area contributed by atoms with E-state index >= 15 is 0 Å². The molecular weight excluding hydrogens is 502 g/mol. The standard InChI is InChI=1S/C24H14Cl4N4O/c25-13-3-1-12(2-4-13)23-20-21(17-9-14(26)6-8-19(17)33-23)31-24-29-11-30-32(24)22(20)16-7-5-15(27)10-18(16)28/h1-11,22-23H,(H,29,30,31). The second kappa shape index (κ2) is 7.96. The Kier molecular flexibility index (Phi) is 5.03. The van der Waals surface area contributed by atoms with E-state index in [-0.39, 0.29) is 0 Å². The molecule has 0 fully saturated rings. The largest absolute Gasteiger partial charge is 0.480 e. The van der Waals surface area contributed by atoms with E-state index in [1.54, 1.807) is 10.7 Å². The Morgan fingerprint density at radius 3 is 2.36 bits per heavy atom. The number of anilines is 1. The van der Waals surface area contributed by atoms with Gasteiger partial charge in [0, 0.05) is 31.2 Å². The average Bonchev–Trinajstić information content (AvgIpc) is 3.27. The number of rotatable bonds is 2. The van der Waals surface area contributed by atoms with E-state index in [9.17, 15) is 0 Å². The summed E-state index contributed by atoms with van der Waals surface area (Å²) in [7, 11) is 0. The minimum absolute atomic E-state index is 0.392. The summed E-state index contributed by atoms with van der Waals surface area (Å²) in [4.78, 5) is 4.42. The van der Waals surface area contributed by atoms with Crippen molar-refractivity contribution in [2.75, 3.05) is 5.32 Å². The number of halogens is 4. The molecule has 164 valence electrons. The third-order valence-corrected chi connectivity index (χ3v) is 6.86. The first-order valence-corrected chi connectivity index (χ1v) is 11.6. The molecule has 0 bridgehead atoms. The van der Waals surface area contributed by atoms with Crippen LogP contribution in [0.2, 0.25) is 20.1 Å². The number of nitrogens with zero attached hydrogens (tertiary/aromatic N) is 3. The van der Waals surface area contributed by atoms with Gasteiger partial charge in [-0.2, -0.15) is 10.1 Å². The molecule has 2 atom stereocenters. The third kappa shape index (κ3) is 3.47. The first kappa shape index (κ1) is 20.9. The molecule has 5 nitrogen and oxygen atoms in total.